The van der Waals surface area contributed by atoms with Gasteiger partial charge in [0.1, 0.15) is 0 Å². The number of aryl methyl sites for hydroxylation is 2. The van der Waals surface area contributed by atoms with E-state index < -0.39 is 0 Å². The van der Waals surface area contributed by atoms with Crippen LogP contribution in [0.25, 0.3) is 0 Å². The highest BCUT2D eigenvalue weighted by atomic mass is 32.1. The lowest BCUT2D eigenvalue weighted by molar-refractivity contribution is 0.0964. The number of unbranched alkanes of at least 4 members (excludes halogenated alkanes) is 1. The number of amides is 1. The van der Waals surface area contributed by atoms with Crippen LogP contribution in [0.4, 0.5) is 10.5 Å². The van der Waals surface area contributed by atoms with E-state index >= 15 is 0 Å². The second kappa shape index (κ2) is 10.4. The number of rotatable bonds is 6. The average molecular weight is 378 g/mol. The number of benzene rings is 1. The fraction of sp³-hybridized carbons (Fsp3) is 0.600. The lowest BCUT2D eigenvalue weighted by Crippen LogP contribution is -2.47. The molecule has 1 saturated heterocycles. The molecule has 6 heteroatoms. The third-order valence-electron chi connectivity index (χ3n) is 4.71. The summed E-state index contributed by atoms with van der Waals surface area (Å²) < 4.78 is 5.05. The van der Waals surface area contributed by atoms with Crippen LogP contribution in [0.2, 0.25) is 0 Å². The molecule has 1 aromatic rings. The van der Waals surface area contributed by atoms with Crippen LogP contribution in [0.15, 0.2) is 18.2 Å². The van der Waals surface area contributed by atoms with Gasteiger partial charge in [0.25, 0.3) is 0 Å². The van der Waals surface area contributed by atoms with Gasteiger partial charge in [-0.3, -0.25) is 0 Å². The first-order valence-electron chi connectivity index (χ1n) is 9.62. The van der Waals surface area contributed by atoms with Crippen LogP contribution >= 0.6 is 12.2 Å². The Morgan fingerprint density at radius 3 is 2.65 bits per heavy atom. The van der Waals surface area contributed by atoms with Gasteiger partial charge < -0.3 is 20.3 Å². The molecule has 0 radical (unpaired) electrons. The van der Waals surface area contributed by atoms with E-state index in [9.17, 15) is 4.79 Å². The van der Waals surface area contributed by atoms with E-state index in [1.54, 1.807) is 4.90 Å². The first-order chi connectivity index (χ1) is 12.5. The van der Waals surface area contributed by atoms with Gasteiger partial charge in [-0.15, -0.1) is 0 Å². The molecule has 2 N–H and O–H groups in total. The summed E-state index contributed by atoms with van der Waals surface area (Å²) in [7, 11) is 0. The summed E-state index contributed by atoms with van der Waals surface area (Å²) in [5.74, 6) is 0. The second-order valence-corrected chi connectivity index (χ2v) is 7.22. The number of carbonyl (C=O) groups excluding carboxylic acids is 1. The molecular weight excluding hydrogens is 346 g/mol. The molecule has 1 fully saturated rings. The van der Waals surface area contributed by atoms with Gasteiger partial charge in [-0.05, 0) is 68.9 Å². The molecule has 0 aliphatic carbocycles. The Labute approximate surface area is 162 Å². The van der Waals surface area contributed by atoms with Gasteiger partial charge in [-0.25, -0.2) is 4.79 Å². The van der Waals surface area contributed by atoms with Crippen molar-refractivity contribution < 1.29 is 9.53 Å². The number of anilines is 1. The van der Waals surface area contributed by atoms with Crippen LogP contribution in [-0.2, 0) is 11.2 Å². The molecule has 0 unspecified atom stereocenters. The maximum absolute atomic E-state index is 11.7. The zero-order valence-electron chi connectivity index (χ0n) is 16.1. The first kappa shape index (κ1) is 20.5. The average Bonchev–Trinajstić information content (AvgIpc) is 2.63. The van der Waals surface area contributed by atoms with Crippen molar-refractivity contribution in [3.8, 4) is 0 Å². The largest absolute Gasteiger partial charge is 0.450 e. The van der Waals surface area contributed by atoms with Crippen LogP contribution in [0, 0.1) is 6.92 Å². The summed E-state index contributed by atoms with van der Waals surface area (Å²) >= 11 is 5.47. The molecule has 1 aliphatic heterocycles. The summed E-state index contributed by atoms with van der Waals surface area (Å²) in [5, 5.41) is 7.33. The van der Waals surface area contributed by atoms with Gasteiger partial charge in [-0.1, -0.05) is 25.5 Å². The molecular formula is C20H31N3O2S. The quantitative estimate of drug-likeness (QED) is 0.726. The van der Waals surface area contributed by atoms with Crippen LogP contribution in [0.1, 0.15) is 50.7 Å². The van der Waals surface area contributed by atoms with Crippen molar-refractivity contribution in [2.75, 3.05) is 25.0 Å². The van der Waals surface area contributed by atoms with Crippen LogP contribution in [-0.4, -0.2) is 41.8 Å². The summed E-state index contributed by atoms with van der Waals surface area (Å²) in [6, 6.07) is 6.80. The number of nitrogens with zero attached hydrogens (tertiary/aromatic N) is 1. The van der Waals surface area contributed by atoms with Gasteiger partial charge in [0.15, 0.2) is 5.11 Å². The number of nitrogens with one attached hydrogen (secondary N) is 2. The zero-order chi connectivity index (χ0) is 18.9. The smallest absolute Gasteiger partial charge is 0.409 e. The first-order valence-corrected chi connectivity index (χ1v) is 10.0. The number of carbonyl (C=O) groups is 1. The molecule has 0 saturated carbocycles. The van der Waals surface area contributed by atoms with Gasteiger partial charge in [-0.2, -0.15) is 0 Å². The normalized spacial score (nSPS) is 14.8. The number of likely N-dealkylation sites (tertiary alicyclic amines) is 1. The molecule has 0 atom stereocenters. The third kappa shape index (κ3) is 6.16. The Morgan fingerprint density at radius 2 is 2.04 bits per heavy atom. The van der Waals surface area contributed by atoms with Gasteiger partial charge >= 0.3 is 6.09 Å². The van der Waals surface area contributed by atoms with E-state index in [0.717, 1.165) is 24.9 Å². The number of ether oxygens (including phenoxy) is 1. The Balaban J connectivity index is 1.79. The topological polar surface area (TPSA) is 53.6 Å². The van der Waals surface area contributed by atoms with Crippen molar-refractivity contribution >= 4 is 29.1 Å². The van der Waals surface area contributed by atoms with Gasteiger partial charge in [0.2, 0.25) is 0 Å². The van der Waals surface area contributed by atoms with E-state index in [0.29, 0.717) is 24.8 Å². The van der Waals surface area contributed by atoms with Gasteiger partial charge in [0, 0.05) is 24.8 Å². The highest BCUT2D eigenvalue weighted by Gasteiger charge is 2.23. The van der Waals surface area contributed by atoms with E-state index in [-0.39, 0.29) is 12.1 Å². The molecule has 0 bridgehead atoms. The maximum Gasteiger partial charge on any atom is 0.409 e. The molecule has 0 spiro atoms. The SMILES string of the molecule is CCCCc1ccc(NC(=S)NC2CCN(C(=O)OCC)CC2)c(C)c1. The molecule has 1 heterocycles. The monoisotopic (exact) mass is 377 g/mol. The Bertz CT molecular complexity index is 613. The van der Waals surface area contributed by atoms with Crippen molar-refractivity contribution in [2.45, 2.75) is 58.9 Å². The van der Waals surface area contributed by atoms with Crippen molar-refractivity contribution in [1.29, 1.82) is 0 Å². The number of piperidine rings is 1. The number of thiocarbonyl (C=S) groups is 1. The molecule has 1 amide bonds. The molecule has 26 heavy (non-hydrogen) atoms. The molecule has 5 nitrogen and oxygen atoms in total. The lowest BCUT2D eigenvalue weighted by Gasteiger charge is -2.32. The fourth-order valence-corrected chi connectivity index (χ4v) is 3.44. The zero-order valence-corrected chi connectivity index (χ0v) is 17.0. The predicted molar refractivity (Wildman–Crippen MR) is 111 cm³/mol. The highest BCUT2D eigenvalue weighted by molar-refractivity contribution is 7.80. The second-order valence-electron chi connectivity index (χ2n) is 6.81. The number of hydrogen-bond donors (Lipinski definition) is 2. The number of hydrogen-bond acceptors (Lipinski definition) is 3. The van der Waals surface area contributed by atoms with E-state index in [4.69, 9.17) is 17.0 Å². The van der Waals surface area contributed by atoms with Crippen molar-refractivity contribution in [2.24, 2.45) is 0 Å². The van der Waals surface area contributed by atoms with Crippen molar-refractivity contribution in [3.63, 3.8) is 0 Å². The van der Waals surface area contributed by atoms with Crippen LogP contribution in [0.3, 0.4) is 0 Å². The standard InChI is InChI=1S/C20H31N3O2S/c1-4-6-7-16-8-9-18(15(3)14-16)22-19(26)21-17-10-12-23(13-11-17)20(24)25-5-2/h8-9,14,17H,4-7,10-13H2,1-3H3,(H2,21,22,26). The van der Waals surface area contributed by atoms with Crippen molar-refractivity contribution in [3.05, 3.63) is 29.3 Å². The Hall–Kier alpha value is -1.82. The van der Waals surface area contributed by atoms with E-state index in [2.05, 4.69) is 42.7 Å². The molecule has 1 aromatic carbocycles. The third-order valence-corrected chi connectivity index (χ3v) is 4.93. The summed E-state index contributed by atoms with van der Waals surface area (Å²) in [5.41, 5.74) is 3.63. The van der Waals surface area contributed by atoms with E-state index in [1.165, 1.54) is 24.0 Å². The summed E-state index contributed by atoms with van der Waals surface area (Å²) in [6.45, 7) is 7.97. The van der Waals surface area contributed by atoms with Crippen LogP contribution in [0.5, 0.6) is 0 Å². The molecule has 144 valence electrons. The van der Waals surface area contributed by atoms with Crippen molar-refractivity contribution in [1.82, 2.24) is 10.2 Å². The van der Waals surface area contributed by atoms with Crippen LogP contribution < -0.4 is 10.6 Å². The maximum atomic E-state index is 11.7. The molecule has 2 rings (SSSR count). The Morgan fingerprint density at radius 1 is 1.31 bits per heavy atom. The minimum absolute atomic E-state index is 0.217. The molecule has 1 aliphatic rings. The predicted octanol–water partition coefficient (Wildman–Crippen LogP) is 4.24. The minimum atomic E-state index is -0.217. The lowest BCUT2D eigenvalue weighted by atomic mass is 10.0. The summed E-state index contributed by atoms with van der Waals surface area (Å²) in [6.07, 6.45) is 5.08. The highest BCUT2D eigenvalue weighted by Crippen LogP contribution is 2.18. The fourth-order valence-electron chi connectivity index (χ4n) is 3.17. The Kier molecular flexibility index (Phi) is 8.16. The minimum Gasteiger partial charge on any atom is -0.450 e. The summed E-state index contributed by atoms with van der Waals surface area (Å²) in [4.78, 5) is 13.5. The van der Waals surface area contributed by atoms with E-state index in [1.807, 2.05) is 6.92 Å². The molecule has 0 aromatic heterocycles. The van der Waals surface area contributed by atoms with Gasteiger partial charge in [0.05, 0.1) is 6.61 Å².